The van der Waals surface area contributed by atoms with E-state index in [1.54, 1.807) is 17.1 Å². The van der Waals surface area contributed by atoms with Crippen molar-refractivity contribution in [2.75, 3.05) is 0 Å². The van der Waals surface area contributed by atoms with Crippen LogP contribution in [0.25, 0.3) is 0 Å². The largest absolute Gasteiger partial charge is 0.350 e. The van der Waals surface area contributed by atoms with E-state index in [4.69, 9.17) is 23.2 Å². The second-order valence-corrected chi connectivity index (χ2v) is 7.65. The standard InChI is InChI=1S/C18H23Cl2N5O2/c1-11(2)6-16(18(27)23-12(3)8-25-10-21-9-22-25)24-17(26)14-5-4-13(19)7-15(14)20/h4-5,7,9-12,16H,6,8H2,1-3H3,(H,23,27)(H,24,26). The molecule has 2 aromatic rings. The van der Waals surface area contributed by atoms with Crippen molar-refractivity contribution in [3.8, 4) is 0 Å². The van der Waals surface area contributed by atoms with Gasteiger partial charge in [-0.05, 0) is 37.5 Å². The van der Waals surface area contributed by atoms with Gasteiger partial charge in [0.05, 0.1) is 17.1 Å². The average Bonchev–Trinajstić information content (AvgIpc) is 3.06. The van der Waals surface area contributed by atoms with Crippen LogP contribution in [-0.2, 0) is 11.3 Å². The van der Waals surface area contributed by atoms with Gasteiger partial charge in [0, 0.05) is 11.1 Å². The van der Waals surface area contributed by atoms with Crippen molar-refractivity contribution >= 4 is 35.0 Å². The molecule has 27 heavy (non-hydrogen) atoms. The molecule has 0 saturated heterocycles. The first-order valence-corrected chi connectivity index (χ1v) is 9.40. The molecule has 2 unspecified atom stereocenters. The van der Waals surface area contributed by atoms with Crippen LogP contribution in [0.5, 0.6) is 0 Å². The van der Waals surface area contributed by atoms with Crippen LogP contribution < -0.4 is 10.6 Å². The molecule has 0 aliphatic heterocycles. The van der Waals surface area contributed by atoms with Crippen LogP contribution in [0.2, 0.25) is 10.0 Å². The highest BCUT2D eigenvalue weighted by molar-refractivity contribution is 6.36. The maximum atomic E-state index is 12.7. The van der Waals surface area contributed by atoms with E-state index in [9.17, 15) is 9.59 Å². The number of hydrogen-bond donors (Lipinski definition) is 2. The van der Waals surface area contributed by atoms with E-state index in [1.807, 2.05) is 20.8 Å². The summed E-state index contributed by atoms with van der Waals surface area (Å²) < 4.78 is 1.63. The molecule has 146 valence electrons. The Morgan fingerprint density at radius 1 is 1.19 bits per heavy atom. The number of carbonyl (C=O) groups is 2. The summed E-state index contributed by atoms with van der Waals surface area (Å²) in [6.07, 6.45) is 3.52. The molecule has 2 amide bonds. The van der Waals surface area contributed by atoms with E-state index in [0.717, 1.165) is 0 Å². The van der Waals surface area contributed by atoms with Gasteiger partial charge in [-0.2, -0.15) is 5.10 Å². The first-order valence-electron chi connectivity index (χ1n) is 8.65. The van der Waals surface area contributed by atoms with Crippen LogP contribution in [0, 0.1) is 5.92 Å². The summed E-state index contributed by atoms with van der Waals surface area (Å²) in [7, 11) is 0. The maximum absolute atomic E-state index is 12.7. The maximum Gasteiger partial charge on any atom is 0.253 e. The molecule has 0 bridgehead atoms. The Morgan fingerprint density at radius 3 is 2.52 bits per heavy atom. The molecule has 0 fully saturated rings. The minimum Gasteiger partial charge on any atom is -0.350 e. The molecule has 0 saturated carbocycles. The SMILES string of the molecule is CC(C)CC(NC(=O)c1ccc(Cl)cc1Cl)C(=O)NC(C)Cn1cncn1. The van der Waals surface area contributed by atoms with Gasteiger partial charge in [0.15, 0.2) is 0 Å². The van der Waals surface area contributed by atoms with Gasteiger partial charge >= 0.3 is 0 Å². The number of nitrogens with zero attached hydrogens (tertiary/aromatic N) is 3. The number of nitrogens with one attached hydrogen (secondary N) is 2. The lowest BCUT2D eigenvalue weighted by Gasteiger charge is -2.23. The number of aromatic nitrogens is 3. The van der Waals surface area contributed by atoms with E-state index in [1.165, 1.54) is 18.5 Å². The van der Waals surface area contributed by atoms with E-state index >= 15 is 0 Å². The Hall–Kier alpha value is -2.12. The molecule has 0 aliphatic carbocycles. The van der Waals surface area contributed by atoms with Gasteiger partial charge in [0.1, 0.15) is 18.7 Å². The summed E-state index contributed by atoms with van der Waals surface area (Å²) in [6.45, 7) is 6.32. The zero-order chi connectivity index (χ0) is 20.0. The lowest BCUT2D eigenvalue weighted by Crippen LogP contribution is -2.50. The molecule has 1 aromatic heterocycles. The Kier molecular flexibility index (Phi) is 7.62. The molecular formula is C18H23Cl2N5O2. The third kappa shape index (κ3) is 6.52. The number of rotatable bonds is 8. The van der Waals surface area contributed by atoms with Crippen molar-refractivity contribution in [3.63, 3.8) is 0 Å². The van der Waals surface area contributed by atoms with Gasteiger partial charge in [0.2, 0.25) is 5.91 Å². The van der Waals surface area contributed by atoms with Gasteiger partial charge in [-0.3, -0.25) is 14.3 Å². The lowest BCUT2D eigenvalue weighted by atomic mass is 10.0. The molecule has 0 aliphatic rings. The first kappa shape index (κ1) is 21.2. The van der Waals surface area contributed by atoms with E-state index in [2.05, 4.69) is 20.7 Å². The average molecular weight is 412 g/mol. The first-order chi connectivity index (χ1) is 12.8. The number of benzene rings is 1. The molecule has 2 atom stereocenters. The molecule has 2 N–H and O–H groups in total. The lowest BCUT2D eigenvalue weighted by molar-refractivity contribution is -0.124. The highest BCUT2D eigenvalue weighted by atomic mass is 35.5. The van der Waals surface area contributed by atoms with Crippen LogP contribution >= 0.6 is 23.2 Å². The van der Waals surface area contributed by atoms with Crippen molar-refractivity contribution in [2.24, 2.45) is 5.92 Å². The summed E-state index contributed by atoms with van der Waals surface area (Å²) in [4.78, 5) is 29.1. The summed E-state index contributed by atoms with van der Waals surface area (Å²) in [5.41, 5.74) is 0.276. The smallest absolute Gasteiger partial charge is 0.253 e. The predicted octanol–water partition coefficient (Wildman–Crippen LogP) is 2.93. The Bertz CT molecular complexity index is 780. The zero-order valence-electron chi connectivity index (χ0n) is 15.4. The topological polar surface area (TPSA) is 88.9 Å². The second kappa shape index (κ2) is 9.71. The quantitative estimate of drug-likeness (QED) is 0.698. The van der Waals surface area contributed by atoms with E-state index in [-0.39, 0.29) is 28.5 Å². The highest BCUT2D eigenvalue weighted by Crippen LogP contribution is 2.21. The summed E-state index contributed by atoms with van der Waals surface area (Å²) in [5, 5.41) is 10.4. The second-order valence-electron chi connectivity index (χ2n) is 6.81. The number of hydrogen-bond acceptors (Lipinski definition) is 4. The number of carbonyl (C=O) groups excluding carboxylic acids is 2. The fourth-order valence-corrected chi connectivity index (χ4v) is 3.10. The van der Waals surface area contributed by atoms with Gasteiger partial charge in [-0.1, -0.05) is 37.0 Å². The van der Waals surface area contributed by atoms with Gasteiger partial charge in [-0.15, -0.1) is 0 Å². The minimum atomic E-state index is -0.678. The Labute approximate surface area is 168 Å². The van der Waals surface area contributed by atoms with Crippen molar-refractivity contribution in [2.45, 2.75) is 45.8 Å². The van der Waals surface area contributed by atoms with Crippen LogP contribution in [0.1, 0.15) is 37.6 Å². The van der Waals surface area contributed by atoms with Crippen LogP contribution in [-0.4, -0.2) is 38.7 Å². The number of halogens is 2. The van der Waals surface area contributed by atoms with E-state index in [0.29, 0.717) is 18.0 Å². The zero-order valence-corrected chi connectivity index (χ0v) is 17.0. The van der Waals surface area contributed by atoms with Gasteiger partial charge < -0.3 is 10.6 Å². The summed E-state index contributed by atoms with van der Waals surface area (Å²) >= 11 is 12.0. The molecule has 1 heterocycles. The molecule has 1 aromatic carbocycles. The third-order valence-electron chi connectivity index (χ3n) is 3.82. The van der Waals surface area contributed by atoms with Crippen molar-refractivity contribution in [1.82, 2.24) is 25.4 Å². The van der Waals surface area contributed by atoms with Crippen molar-refractivity contribution in [1.29, 1.82) is 0 Å². The van der Waals surface area contributed by atoms with Crippen LogP contribution in [0.15, 0.2) is 30.9 Å². The van der Waals surface area contributed by atoms with Gasteiger partial charge in [-0.25, -0.2) is 4.98 Å². The molecule has 0 radical (unpaired) electrons. The van der Waals surface area contributed by atoms with E-state index < -0.39 is 11.9 Å². The van der Waals surface area contributed by atoms with Crippen molar-refractivity contribution < 1.29 is 9.59 Å². The fourth-order valence-electron chi connectivity index (χ4n) is 2.61. The summed E-state index contributed by atoms with van der Waals surface area (Å²) in [5.74, 6) is -0.455. The molecular weight excluding hydrogens is 389 g/mol. The third-order valence-corrected chi connectivity index (χ3v) is 4.37. The number of amides is 2. The van der Waals surface area contributed by atoms with Crippen LogP contribution in [0.3, 0.4) is 0 Å². The fraction of sp³-hybridized carbons (Fsp3) is 0.444. The predicted molar refractivity (Wildman–Crippen MR) is 105 cm³/mol. The Balaban J connectivity index is 2.04. The normalized spacial score (nSPS) is 13.3. The Morgan fingerprint density at radius 2 is 1.93 bits per heavy atom. The molecule has 9 heteroatoms. The highest BCUT2D eigenvalue weighted by Gasteiger charge is 2.24. The minimum absolute atomic E-state index is 0.176. The van der Waals surface area contributed by atoms with Crippen LogP contribution in [0.4, 0.5) is 0 Å². The monoisotopic (exact) mass is 411 g/mol. The summed E-state index contributed by atoms with van der Waals surface area (Å²) in [6, 6.07) is 3.76. The molecule has 0 spiro atoms. The van der Waals surface area contributed by atoms with Gasteiger partial charge in [0.25, 0.3) is 5.91 Å². The molecule has 2 rings (SSSR count). The van der Waals surface area contributed by atoms with Crippen molar-refractivity contribution in [3.05, 3.63) is 46.5 Å². The molecule has 7 nitrogen and oxygen atoms in total.